The van der Waals surface area contributed by atoms with E-state index in [1.54, 1.807) is 0 Å². The van der Waals surface area contributed by atoms with Gasteiger partial charge in [0.1, 0.15) is 13.2 Å². The highest BCUT2D eigenvalue weighted by Gasteiger charge is 2.23. The normalized spacial score (nSPS) is 16.5. The van der Waals surface area contributed by atoms with Crippen LogP contribution in [0.4, 0.5) is 0 Å². The van der Waals surface area contributed by atoms with Crippen molar-refractivity contribution in [3.63, 3.8) is 0 Å². The van der Waals surface area contributed by atoms with E-state index in [1.165, 1.54) is 11.1 Å². The van der Waals surface area contributed by atoms with Crippen LogP contribution in [-0.4, -0.2) is 73.1 Å². The molecule has 1 amide bonds. The third kappa shape index (κ3) is 5.38. The number of ether oxygens (including phenoxy) is 2. The number of fused-ring (bicyclic) bond motifs is 1. The summed E-state index contributed by atoms with van der Waals surface area (Å²) in [5, 5.41) is 0. The van der Waals surface area contributed by atoms with Gasteiger partial charge in [-0.05, 0) is 48.5 Å². The van der Waals surface area contributed by atoms with Gasteiger partial charge >= 0.3 is 0 Å². The predicted octanol–water partition coefficient (Wildman–Crippen LogP) is 3.26. The maximum Gasteiger partial charge on any atom is 0.253 e. The maximum atomic E-state index is 12.9. The van der Waals surface area contributed by atoms with Crippen molar-refractivity contribution in [1.29, 1.82) is 0 Å². The van der Waals surface area contributed by atoms with Gasteiger partial charge in [0.15, 0.2) is 11.5 Å². The molecule has 0 N–H and O–H groups in total. The van der Waals surface area contributed by atoms with Gasteiger partial charge in [-0.25, -0.2) is 0 Å². The molecule has 6 heteroatoms. The fourth-order valence-corrected chi connectivity index (χ4v) is 4.19. The van der Waals surface area contributed by atoms with E-state index in [0.717, 1.165) is 69.4 Å². The third-order valence-electron chi connectivity index (χ3n) is 6.17. The smallest absolute Gasteiger partial charge is 0.253 e. The summed E-state index contributed by atoms with van der Waals surface area (Å²) in [6.07, 6.45) is 0. The molecule has 0 radical (unpaired) electrons. The fraction of sp³-hybridized carbons (Fsp3) is 0.480. The van der Waals surface area contributed by atoms with Crippen molar-refractivity contribution in [1.82, 2.24) is 14.7 Å². The molecule has 0 unspecified atom stereocenters. The van der Waals surface area contributed by atoms with E-state index in [-0.39, 0.29) is 5.91 Å². The number of nitrogens with zero attached hydrogens (tertiary/aromatic N) is 3. The zero-order chi connectivity index (χ0) is 21.6. The summed E-state index contributed by atoms with van der Waals surface area (Å²) in [6, 6.07) is 14.3. The first-order valence-corrected chi connectivity index (χ1v) is 11.4. The van der Waals surface area contributed by atoms with Gasteiger partial charge in [0, 0.05) is 44.8 Å². The van der Waals surface area contributed by atoms with Crippen molar-refractivity contribution in [3.8, 4) is 11.5 Å². The zero-order valence-electron chi connectivity index (χ0n) is 18.7. The van der Waals surface area contributed by atoms with Crippen molar-refractivity contribution in [2.45, 2.75) is 26.9 Å². The van der Waals surface area contributed by atoms with E-state index in [0.29, 0.717) is 13.2 Å². The Labute approximate surface area is 185 Å². The second-order valence-corrected chi connectivity index (χ2v) is 8.20. The quantitative estimate of drug-likeness (QED) is 0.684. The minimum Gasteiger partial charge on any atom is -0.486 e. The second kappa shape index (κ2) is 10.2. The van der Waals surface area contributed by atoms with E-state index >= 15 is 0 Å². The lowest BCUT2D eigenvalue weighted by atomic mass is 10.1. The first-order valence-electron chi connectivity index (χ1n) is 11.4. The van der Waals surface area contributed by atoms with Crippen molar-refractivity contribution >= 4 is 5.91 Å². The summed E-state index contributed by atoms with van der Waals surface area (Å²) in [5.41, 5.74) is 3.25. The van der Waals surface area contributed by atoms with E-state index in [1.807, 2.05) is 23.1 Å². The monoisotopic (exact) mass is 423 g/mol. The van der Waals surface area contributed by atoms with Crippen LogP contribution in [0.25, 0.3) is 0 Å². The van der Waals surface area contributed by atoms with Crippen molar-refractivity contribution in [2.24, 2.45) is 0 Å². The Bertz CT molecular complexity index is 872. The molecule has 2 aromatic rings. The molecule has 1 saturated heterocycles. The molecule has 1 fully saturated rings. The van der Waals surface area contributed by atoms with Gasteiger partial charge < -0.3 is 14.4 Å². The topological polar surface area (TPSA) is 45.3 Å². The predicted molar refractivity (Wildman–Crippen MR) is 122 cm³/mol. The lowest BCUT2D eigenvalue weighted by Crippen LogP contribution is -2.48. The summed E-state index contributed by atoms with van der Waals surface area (Å²) in [5.74, 6) is 1.80. The molecule has 0 spiro atoms. The number of carbonyl (C=O) groups is 1. The van der Waals surface area contributed by atoms with Crippen molar-refractivity contribution in [3.05, 3.63) is 59.2 Å². The molecule has 4 rings (SSSR count). The summed E-state index contributed by atoms with van der Waals surface area (Å²) >= 11 is 0. The van der Waals surface area contributed by atoms with Gasteiger partial charge in [0.2, 0.25) is 0 Å². The summed E-state index contributed by atoms with van der Waals surface area (Å²) in [4.78, 5) is 19.7. The Hall–Kier alpha value is -2.57. The number of hydrogen-bond donors (Lipinski definition) is 0. The third-order valence-corrected chi connectivity index (χ3v) is 6.17. The zero-order valence-corrected chi connectivity index (χ0v) is 18.7. The van der Waals surface area contributed by atoms with Crippen LogP contribution in [-0.2, 0) is 13.1 Å². The largest absolute Gasteiger partial charge is 0.486 e. The average Bonchev–Trinajstić information content (AvgIpc) is 2.83. The molecule has 6 nitrogen and oxygen atoms in total. The maximum absolute atomic E-state index is 12.9. The first kappa shape index (κ1) is 21.7. The van der Waals surface area contributed by atoms with Crippen LogP contribution < -0.4 is 9.47 Å². The van der Waals surface area contributed by atoms with Gasteiger partial charge in [0.25, 0.3) is 5.91 Å². The summed E-state index contributed by atoms with van der Waals surface area (Å²) in [7, 11) is 0. The molecule has 2 aromatic carbocycles. The van der Waals surface area contributed by atoms with Crippen LogP contribution in [0.2, 0.25) is 0 Å². The number of piperazine rings is 1. The Morgan fingerprint density at radius 1 is 0.871 bits per heavy atom. The molecule has 31 heavy (non-hydrogen) atoms. The lowest BCUT2D eigenvalue weighted by molar-refractivity contribution is 0.0628. The van der Waals surface area contributed by atoms with E-state index in [2.05, 4.69) is 47.9 Å². The SMILES string of the molecule is CCN(CC)Cc1ccc(C(=O)N2CCN(Cc3ccc4c(c3)OCCO4)CC2)cc1. The molecule has 2 aliphatic rings. The van der Waals surface area contributed by atoms with Gasteiger partial charge in [-0.15, -0.1) is 0 Å². The highest BCUT2D eigenvalue weighted by molar-refractivity contribution is 5.94. The molecule has 2 heterocycles. The lowest BCUT2D eigenvalue weighted by Gasteiger charge is -2.35. The van der Waals surface area contributed by atoms with Gasteiger partial charge in [-0.1, -0.05) is 32.0 Å². The minimum absolute atomic E-state index is 0.133. The van der Waals surface area contributed by atoms with Crippen molar-refractivity contribution in [2.75, 3.05) is 52.5 Å². The molecule has 0 saturated carbocycles. The van der Waals surface area contributed by atoms with Gasteiger partial charge in [-0.3, -0.25) is 14.6 Å². The molecular formula is C25H33N3O3. The average molecular weight is 424 g/mol. The molecule has 0 aliphatic carbocycles. The van der Waals surface area contributed by atoms with Crippen LogP contribution in [0.3, 0.4) is 0 Å². The van der Waals surface area contributed by atoms with Gasteiger partial charge in [0.05, 0.1) is 0 Å². The molecule has 0 aromatic heterocycles. The summed E-state index contributed by atoms with van der Waals surface area (Å²) in [6.45, 7) is 12.7. The van der Waals surface area contributed by atoms with E-state index in [4.69, 9.17) is 9.47 Å². The summed E-state index contributed by atoms with van der Waals surface area (Å²) < 4.78 is 11.3. The number of rotatable bonds is 7. The Kier molecular flexibility index (Phi) is 7.10. The Morgan fingerprint density at radius 2 is 1.52 bits per heavy atom. The fourth-order valence-electron chi connectivity index (χ4n) is 4.19. The van der Waals surface area contributed by atoms with Crippen molar-refractivity contribution < 1.29 is 14.3 Å². The molecule has 2 aliphatic heterocycles. The Balaban J connectivity index is 1.29. The standard InChI is InChI=1S/C25H33N3O3/c1-3-26(4-2)18-20-5-8-22(9-6-20)25(29)28-13-11-27(12-14-28)19-21-7-10-23-24(17-21)31-16-15-30-23/h5-10,17H,3-4,11-16,18-19H2,1-2H3. The van der Waals surface area contributed by atoms with E-state index in [9.17, 15) is 4.79 Å². The van der Waals surface area contributed by atoms with Gasteiger partial charge in [-0.2, -0.15) is 0 Å². The second-order valence-electron chi connectivity index (χ2n) is 8.20. The molecule has 0 bridgehead atoms. The van der Waals surface area contributed by atoms with Crippen LogP contribution in [0.15, 0.2) is 42.5 Å². The molecule has 0 atom stereocenters. The van der Waals surface area contributed by atoms with Crippen LogP contribution in [0.1, 0.15) is 35.3 Å². The minimum atomic E-state index is 0.133. The number of hydrogen-bond acceptors (Lipinski definition) is 5. The van der Waals surface area contributed by atoms with E-state index < -0.39 is 0 Å². The van der Waals surface area contributed by atoms with Crippen LogP contribution >= 0.6 is 0 Å². The number of benzene rings is 2. The highest BCUT2D eigenvalue weighted by atomic mass is 16.6. The highest BCUT2D eigenvalue weighted by Crippen LogP contribution is 2.31. The van der Waals surface area contributed by atoms with Crippen LogP contribution in [0.5, 0.6) is 11.5 Å². The van der Waals surface area contributed by atoms with Crippen LogP contribution in [0, 0.1) is 0 Å². The first-order chi connectivity index (χ1) is 15.2. The number of carbonyl (C=O) groups excluding carboxylic acids is 1. The number of amides is 1. The Morgan fingerprint density at radius 3 is 2.19 bits per heavy atom. The molecular weight excluding hydrogens is 390 g/mol. The molecule has 166 valence electrons.